The maximum Gasteiger partial charge on any atom is 0.243 e. The summed E-state index contributed by atoms with van der Waals surface area (Å²) in [5.41, 5.74) is 0. The van der Waals surface area contributed by atoms with E-state index in [9.17, 15) is 13.2 Å². The molecule has 1 heterocycles. The molecule has 0 aromatic heterocycles. The molecule has 0 bridgehead atoms. The molecule has 3 rings (SSSR count). The lowest BCUT2D eigenvalue weighted by Gasteiger charge is -2.42. The Balaban J connectivity index is 1.95. The van der Waals surface area contributed by atoms with Gasteiger partial charge >= 0.3 is 0 Å². The van der Waals surface area contributed by atoms with Crippen LogP contribution >= 0.6 is 0 Å². The molecule has 2 fully saturated rings. The monoisotopic (exact) mass is 293 g/mol. The topological polar surface area (TPSA) is 54.5 Å². The number of benzene rings is 1. The van der Waals surface area contributed by atoms with Crippen molar-refractivity contribution in [3.05, 3.63) is 30.3 Å². The minimum Gasteiger partial charge on any atom is -0.299 e. The molecule has 108 valence electrons. The van der Waals surface area contributed by atoms with E-state index in [0.717, 1.165) is 25.7 Å². The van der Waals surface area contributed by atoms with Gasteiger partial charge in [0, 0.05) is 24.9 Å². The fraction of sp³-hybridized carbons (Fsp3) is 0.533. The zero-order valence-corrected chi connectivity index (χ0v) is 12.2. The van der Waals surface area contributed by atoms with Crippen LogP contribution < -0.4 is 0 Å². The van der Waals surface area contributed by atoms with Crippen LogP contribution in [0, 0.1) is 5.92 Å². The van der Waals surface area contributed by atoms with Crippen molar-refractivity contribution < 1.29 is 13.2 Å². The number of nitrogens with zero attached hydrogens (tertiary/aromatic N) is 1. The van der Waals surface area contributed by atoms with Crippen LogP contribution in [-0.2, 0) is 14.8 Å². The number of hydrogen-bond donors (Lipinski definition) is 0. The third-order valence-corrected chi connectivity index (χ3v) is 6.38. The summed E-state index contributed by atoms with van der Waals surface area (Å²) >= 11 is 0. The molecule has 0 unspecified atom stereocenters. The summed E-state index contributed by atoms with van der Waals surface area (Å²) in [5, 5.41) is 0. The van der Waals surface area contributed by atoms with Gasteiger partial charge in [-0.05, 0) is 25.0 Å². The van der Waals surface area contributed by atoms with Crippen LogP contribution in [0.1, 0.15) is 32.1 Å². The van der Waals surface area contributed by atoms with Gasteiger partial charge in [0.25, 0.3) is 0 Å². The van der Waals surface area contributed by atoms with Gasteiger partial charge in [0.05, 0.1) is 4.90 Å². The highest BCUT2D eigenvalue weighted by Crippen LogP contribution is 2.36. The number of Topliss-reactive ketones (excluding diaryl/α,β-unsaturated/α-hetero) is 1. The summed E-state index contributed by atoms with van der Waals surface area (Å²) in [6.07, 6.45) is 4.04. The maximum absolute atomic E-state index is 12.8. The summed E-state index contributed by atoms with van der Waals surface area (Å²) < 4.78 is 27.1. The largest absolute Gasteiger partial charge is 0.299 e. The molecule has 0 spiro atoms. The Kier molecular flexibility index (Phi) is 3.65. The third kappa shape index (κ3) is 2.29. The van der Waals surface area contributed by atoms with Crippen LogP contribution in [0.5, 0.6) is 0 Å². The molecule has 4 nitrogen and oxygen atoms in total. The first kappa shape index (κ1) is 13.8. The van der Waals surface area contributed by atoms with Gasteiger partial charge in [-0.2, -0.15) is 4.31 Å². The van der Waals surface area contributed by atoms with Gasteiger partial charge in [0.15, 0.2) is 0 Å². The molecule has 2 aliphatic rings. The lowest BCUT2D eigenvalue weighted by Crippen LogP contribution is -2.53. The first-order valence-electron chi connectivity index (χ1n) is 7.20. The summed E-state index contributed by atoms with van der Waals surface area (Å²) in [6.45, 7) is 0.331. The third-order valence-electron chi connectivity index (χ3n) is 4.44. The Hall–Kier alpha value is -1.20. The van der Waals surface area contributed by atoms with Crippen molar-refractivity contribution in [3.8, 4) is 0 Å². The van der Waals surface area contributed by atoms with E-state index in [2.05, 4.69) is 0 Å². The zero-order chi connectivity index (χ0) is 14.2. The van der Waals surface area contributed by atoms with E-state index in [1.165, 1.54) is 0 Å². The second kappa shape index (κ2) is 5.30. The van der Waals surface area contributed by atoms with Crippen LogP contribution in [0.25, 0.3) is 0 Å². The summed E-state index contributed by atoms with van der Waals surface area (Å²) in [7, 11) is -3.47. The van der Waals surface area contributed by atoms with E-state index in [1.807, 2.05) is 6.07 Å². The highest BCUT2D eigenvalue weighted by Gasteiger charge is 2.43. The summed E-state index contributed by atoms with van der Waals surface area (Å²) in [4.78, 5) is 12.3. The quantitative estimate of drug-likeness (QED) is 0.840. The number of piperidine rings is 1. The standard InChI is InChI=1S/C15H19NO3S/c17-15-10-11-16(14-9-5-4-8-13(14)15)20(18,19)12-6-2-1-3-7-12/h1-3,6-7,13-14H,4-5,8-11H2/t13-,14-/m1/s1. The molecule has 1 aromatic rings. The zero-order valence-electron chi connectivity index (χ0n) is 11.4. The average Bonchev–Trinajstić information content (AvgIpc) is 2.48. The van der Waals surface area contributed by atoms with Crippen molar-refractivity contribution >= 4 is 15.8 Å². The van der Waals surface area contributed by atoms with Crippen molar-refractivity contribution in [1.29, 1.82) is 0 Å². The minimum atomic E-state index is -3.47. The van der Waals surface area contributed by atoms with Gasteiger partial charge in [-0.15, -0.1) is 0 Å². The summed E-state index contributed by atoms with van der Waals surface area (Å²) in [6, 6.07) is 8.41. The lowest BCUT2D eigenvalue weighted by molar-refractivity contribution is -0.128. The minimum absolute atomic E-state index is 0.0870. The van der Waals surface area contributed by atoms with Crippen LogP contribution in [-0.4, -0.2) is 31.1 Å². The van der Waals surface area contributed by atoms with Crippen molar-refractivity contribution in [1.82, 2.24) is 4.31 Å². The molecule has 1 saturated carbocycles. The molecule has 5 heteroatoms. The van der Waals surface area contributed by atoms with Crippen LogP contribution in [0.4, 0.5) is 0 Å². The number of hydrogen-bond acceptors (Lipinski definition) is 3. The van der Waals surface area contributed by atoms with Crippen molar-refractivity contribution in [2.75, 3.05) is 6.54 Å². The molecular formula is C15H19NO3S. The molecule has 1 aliphatic heterocycles. The number of fused-ring (bicyclic) bond motifs is 1. The molecule has 2 atom stereocenters. The fourth-order valence-corrected chi connectivity index (χ4v) is 5.14. The van der Waals surface area contributed by atoms with E-state index in [-0.39, 0.29) is 17.7 Å². The molecule has 0 N–H and O–H groups in total. The number of carbonyl (C=O) groups excluding carboxylic acids is 1. The Morgan fingerprint density at radius 1 is 1.05 bits per heavy atom. The smallest absolute Gasteiger partial charge is 0.243 e. The Morgan fingerprint density at radius 2 is 1.75 bits per heavy atom. The highest BCUT2D eigenvalue weighted by atomic mass is 32.2. The van der Waals surface area contributed by atoms with Gasteiger partial charge < -0.3 is 0 Å². The number of rotatable bonds is 2. The number of ketones is 1. The Labute approximate surface area is 119 Å². The van der Waals surface area contributed by atoms with Gasteiger partial charge in [0.2, 0.25) is 10.0 Å². The molecular weight excluding hydrogens is 274 g/mol. The van der Waals surface area contributed by atoms with Crippen molar-refractivity contribution in [2.24, 2.45) is 5.92 Å². The van der Waals surface area contributed by atoms with Crippen LogP contribution in [0.3, 0.4) is 0 Å². The van der Waals surface area contributed by atoms with Crippen molar-refractivity contribution in [3.63, 3.8) is 0 Å². The van der Waals surface area contributed by atoms with Gasteiger partial charge in [-0.25, -0.2) is 8.42 Å². The first-order valence-corrected chi connectivity index (χ1v) is 8.64. The van der Waals surface area contributed by atoms with E-state index < -0.39 is 10.0 Å². The van der Waals surface area contributed by atoms with E-state index in [0.29, 0.717) is 17.9 Å². The predicted octanol–water partition coefficient (Wildman–Crippen LogP) is 2.21. The number of sulfonamides is 1. The van der Waals surface area contributed by atoms with Crippen LogP contribution in [0.15, 0.2) is 35.2 Å². The lowest BCUT2D eigenvalue weighted by atomic mass is 9.79. The van der Waals surface area contributed by atoms with E-state index in [1.54, 1.807) is 28.6 Å². The predicted molar refractivity (Wildman–Crippen MR) is 75.7 cm³/mol. The summed E-state index contributed by atoms with van der Waals surface area (Å²) in [5.74, 6) is 0.158. The first-order chi connectivity index (χ1) is 9.60. The van der Waals surface area contributed by atoms with Gasteiger partial charge in [-0.1, -0.05) is 31.0 Å². The van der Waals surface area contributed by atoms with E-state index >= 15 is 0 Å². The second-order valence-electron chi connectivity index (χ2n) is 5.60. The van der Waals surface area contributed by atoms with Gasteiger partial charge in [-0.3, -0.25) is 4.79 Å². The van der Waals surface area contributed by atoms with Gasteiger partial charge in [0.1, 0.15) is 5.78 Å². The fourth-order valence-electron chi connectivity index (χ4n) is 3.43. The average molecular weight is 293 g/mol. The van der Waals surface area contributed by atoms with E-state index in [4.69, 9.17) is 0 Å². The molecule has 0 radical (unpaired) electrons. The maximum atomic E-state index is 12.8. The Bertz CT molecular complexity index is 597. The SMILES string of the molecule is O=C1CCN(S(=O)(=O)c2ccccc2)[C@@H]2CCCC[C@@H]12. The normalized spacial score (nSPS) is 28.1. The van der Waals surface area contributed by atoms with Crippen molar-refractivity contribution in [2.45, 2.75) is 43.0 Å². The molecule has 1 aliphatic carbocycles. The molecule has 0 amide bonds. The van der Waals surface area contributed by atoms with Crippen LogP contribution in [0.2, 0.25) is 0 Å². The molecule has 20 heavy (non-hydrogen) atoms. The molecule has 1 saturated heterocycles. The molecule has 1 aromatic carbocycles. The Morgan fingerprint density at radius 3 is 2.50 bits per heavy atom. The highest BCUT2D eigenvalue weighted by molar-refractivity contribution is 7.89. The second-order valence-corrected chi connectivity index (χ2v) is 7.49. The number of carbonyl (C=O) groups is 1.